The van der Waals surface area contributed by atoms with Gasteiger partial charge in [0.1, 0.15) is 13.2 Å². The lowest BCUT2D eigenvalue weighted by Gasteiger charge is -2.21. The molecule has 0 aromatic heterocycles. The molecular formula is C73H126N2O6. The van der Waals surface area contributed by atoms with E-state index in [0.29, 0.717) is 60.7 Å². The number of aliphatic hydroxyl groups excluding tert-OH is 1. The van der Waals surface area contributed by atoms with E-state index in [1.165, 1.54) is 63.4 Å². The van der Waals surface area contributed by atoms with Gasteiger partial charge in [-0.1, -0.05) is 246 Å². The van der Waals surface area contributed by atoms with Gasteiger partial charge >= 0.3 is 0 Å². The summed E-state index contributed by atoms with van der Waals surface area (Å²) in [6.07, 6.45) is 14.3. The first-order valence-corrected chi connectivity index (χ1v) is 31.3. The van der Waals surface area contributed by atoms with Crippen LogP contribution in [0.2, 0.25) is 0 Å². The second-order valence-electron chi connectivity index (χ2n) is 24.6. The van der Waals surface area contributed by atoms with Crippen LogP contribution in [0.1, 0.15) is 237 Å². The van der Waals surface area contributed by atoms with Gasteiger partial charge < -0.3 is 30.0 Å². The largest absolute Gasteiger partial charge is 0.394 e. The molecule has 8 heteroatoms. The van der Waals surface area contributed by atoms with Gasteiger partial charge in [0, 0.05) is 49.3 Å². The fourth-order valence-electron chi connectivity index (χ4n) is 6.42. The normalized spacial score (nSPS) is 12.6. The fraction of sp³-hybridized carbons (Fsp3) is 0.671. The van der Waals surface area contributed by atoms with E-state index in [1.807, 2.05) is 80.6 Å². The summed E-state index contributed by atoms with van der Waals surface area (Å²) in [5, 5.41) is 13.9. The zero-order valence-electron chi connectivity index (χ0n) is 56.0. The third-order valence-electron chi connectivity index (χ3n) is 11.3. The van der Waals surface area contributed by atoms with E-state index in [-0.39, 0.29) is 17.9 Å². The number of rotatable bonds is 15. The number of aliphatic hydroxyl groups is 1. The number of ether oxygens (including phenoxy) is 3. The second kappa shape index (κ2) is 58.7. The molecular weight excluding hydrogens is 1000 g/mol. The minimum absolute atomic E-state index is 0.00861. The van der Waals surface area contributed by atoms with E-state index in [4.69, 9.17) is 19.3 Å². The molecule has 5 rings (SSSR count). The quantitative estimate of drug-likeness (QED) is 0.103. The molecule has 2 aliphatic rings. The highest BCUT2D eigenvalue weighted by Gasteiger charge is 2.20. The molecule has 81 heavy (non-hydrogen) atoms. The summed E-state index contributed by atoms with van der Waals surface area (Å²) in [5.41, 5.74) is 3.18. The van der Waals surface area contributed by atoms with Gasteiger partial charge in [-0.15, -0.1) is 0 Å². The highest BCUT2D eigenvalue weighted by molar-refractivity contribution is 5.94. The minimum Gasteiger partial charge on any atom is -0.394 e. The van der Waals surface area contributed by atoms with Crippen molar-refractivity contribution in [2.45, 2.75) is 227 Å². The summed E-state index contributed by atoms with van der Waals surface area (Å²) in [7, 11) is 1.70. The van der Waals surface area contributed by atoms with Gasteiger partial charge in [-0.3, -0.25) is 9.59 Å². The standard InChI is InChI=1S/C13H22O.C13H16O.C11H21NO.C11H15NO.C9H12.C5H12.C4H10O.C4H10.C3H8O/c2*1-12(2)11-14-10-6-9-13-7-4-3-5-8-13;2*1-9(2)8-12-11(13)10-6-4-3-5-7-10;1-8(2)9-6-4-3-5-7-9;1-4-5(2)3;1-4(2)5-3;1-4(2)3;1-3(2)4/h12-13H,3-5,7-8,10-11H2,1-2H3;3-5,7-8,12H,10-11H2,1-2H3;9-10H,3-8H2,1-2H3,(H,12,13);3-7,9H,8H2,1-2H3,(H,12,13);3-8H,1-2H3;5H,4H2,1-3H3;4H,1-3H3;4H,1-3H3;3-4H,1-2H3. The maximum absolute atomic E-state index is 11.6. The topological polar surface area (TPSA) is 106 Å². The van der Waals surface area contributed by atoms with Crippen molar-refractivity contribution in [3.05, 3.63) is 108 Å². The van der Waals surface area contributed by atoms with Crippen LogP contribution in [0.4, 0.5) is 0 Å². The fourth-order valence-corrected chi connectivity index (χ4v) is 6.42. The number of hydrogen-bond donors (Lipinski definition) is 3. The maximum Gasteiger partial charge on any atom is 0.251 e. The van der Waals surface area contributed by atoms with Gasteiger partial charge in [-0.2, -0.15) is 0 Å². The molecule has 464 valence electrons. The van der Waals surface area contributed by atoms with E-state index in [2.05, 4.69) is 169 Å². The Hall–Kier alpha value is -4.44. The van der Waals surface area contributed by atoms with Crippen molar-refractivity contribution < 1.29 is 28.9 Å². The predicted octanol–water partition coefficient (Wildman–Crippen LogP) is 18.3. The molecule has 0 atom stereocenters. The van der Waals surface area contributed by atoms with E-state index >= 15 is 0 Å². The lowest BCUT2D eigenvalue weighted by atomic mass is 9.88. The Kier molecular flexibility index (Phi) is 60.2. The zero-order valence-corrected chi connectivity index (χ0v) is 56.0. The first-order chi connectivity index (χ1) is 38.3. The van der Waals surface area contributed by atoms with E-state index in [9.17, 15) is 9.59 Å². The number of nitrogens with one attached hydrogen (secondary N) is 2. The zero-order chi connectivity index (χ0) is 62.2. The van der Waals surface area contributed by atoms with Gasteiger partial charge in [-0.05, 0) is 125 Å². The van der Waals surface area contributed by atoms with E-state index in [0.717, 1.165) is 62.1 Å². The molecule has 0 saturated heterocycles. The van der Waals surface area contributed by atoms with E-state index < -0.39 is 0 Å². The van der Waals surface area contributed by atoms with Crippen molar-refractivity contribution in [3.8, 4) is 23.7 Å². The van der Waals surface area contributed by atoms with Gasteiger partial charge in [0.05, 0.1) is 19.3 Å². The monoisotopic (exact) mass is 1130 g/mol. The molecule has 0 radical (unpaired) electrons. The van der Waals surface area contributed by atoms with Crippen LogP contribution in [0.5, 0.6) is 0 Å². The Bertz CT molecular complexity index is 1890. The van der Waals surface area contributed by atoms with Crippen molar-refractivity contribution in [2.75, 3.05) is 46.6 Å². The summed E-state index contributed by atoms with van der Waals surface area (Å²) in [6, 6.07) is 29.7. The highest BCUT2D eigenvalue weighted by atomic mass is 16.5. The molecule has 2 amide bonds. The number of benzene rings is 3. The van der Waals surface area contributed by atoms with Crippen LogP contribution in [0.15, 0.2) is 91.0 Å². The summed E-state index contributed by atoms with van der Waals surface area (Å²) in [5.74, 6) is 18.4. The molecule has 2 fully saturated rings. The molecule has 0 unspecified atom stereocenters. The average Bonchev–Trinajstić information content (AvgIpc) is 3.43. The summed E-state index contributed by atoms with van der Waals surface area (Å²) in [6.45, 7) is 46.3. The Labute approximate surface area is 501 Å². The molecule has 0 spiro atoms. The van der Waals surface area contributed by atoms with Crippen LogP contribution >= 0.6 is 0 Å². The third kappa shape index (κ3) is 68.0. The number of amides is 2. The number of carbonyl (C=O) groups is 2. The second-order valence-corrected chi connectivity index (χ2v) is 24.6. The first-order valence-electron chi connectivity index (χ1n) is 31.3. The van der Waals surface area contributed by atoms with Crippen molar-refractivity contribution in [1.82, 2.24) is 10.6 Å². The molecule has 3 N–H and O–H groups in total. The van der Waals surface area contributed by atoms with Gasteiger partial charge in [0.25, 0.3) is 5.91 Å². The summed E-state index contributed by atoms with van der Waals surface area (Å²) < 4.78 is 15.5. The third-order valence-corrected chi connectivity index (χ3v) is 11.3. The highest BCUT2D eigenvalue weighted by Crippen LogP contribution is 2.24. The van der Waals surface area contributed by atoms with Crippen LogP contribution in [0.3, 0.4) is 0 Å². The lowest BCUT2D eigenvalue weighted by Crippen LogP contribution is -2.34. The van der Waals surface area contributed by atoms with E-state index in [1.54, 1.807) is 21.0 Å². The van der Waals surface area contributed by atoms with Crippen molar-refractivity contribution in [3.63, 3.8) is 0 Å². The van der Waals surface area contributed by atoms with Crippen LogP contribution < -0.4 is 10.6 Å². The molecule has 2 aliphatic carbocycles. The summed E-state index contributed by atoms with van der Waals surface area (Å²) in [4.78, 5) is 23.0. The lowest BCUT2D eigenvalue weighted by molar-refractivity contribution is -0.126. The van der Waals surface area contributed by atoms with Crippen LogP contribution in [-0.2, 0) is 19.0 Å². The van der Waals surface area contributed by atoms with Gasteiger partial charge in [0.2, 0.25) is 5.91 Å². The van der Waals surface area contributed by atoms with Gasteiger partial charge in [0.15, 0.2) is 0 Å². The summed E-state index contributed by atoms with van der Waals surface area (Å²) >= 11 is 0. The first kappa shape index (κ1) is 83.0. The Balaban J connectivity index is -0.000000427. The molecule has 3 aromatic rings. The molecule has 8 nitrogen and oxygen atoms in total. The Morgan fingerprint density at radius 3 is 1.30 bits per heavy atom. The number of hydrogen-bond acceptors (Lipinski definition) is 6. The smallest absolute Gasteiger partial charge is 0.251 e. The maximum atomic E-state index is 11.6. The van der Waals surface area contributed by atoms with Crippen LogP contribution in [0.25, 0.3) is 0 Å². The number of methoxy groups -OCH3 is 1. The SMILES string of the molecule is CC(C)C.CC(C)CNC(=O)C1CCCCC1.CC(C)CNC(=O)c1ccccc1.CC(C)COCC#CC1CCCCC1.CC(C)COCC#Cc1ccccc1.CC(C)O.CC(C)c1ccccc1.CCC(C)C.COC(C)C. The molecule has 2 saturated carbocycles. The molecule has 0 heterocycles. The molecule has 0 aliphatic heterocycles. The molecule has 0 bridgehead atoms. The predicted molar refractivity (Wildman–Crippen MR) is 353 cm³/mol. The van der Waals surface area contributed by atoms with Crippen molar-refractivity contribution >= 4 is 11.8 Å². The van der Waals surface area contributed by atoms with Crippen molar-refractivity contribution in [1.29, 1.82) is 0 Å². The Morgan fingerprint density at radius 2 is 0.926 bits per heavy atom. The molecule has 3 aromatic carbocycles. The van der Waals surface area contributed by atoms with Crippen LogP contribution in [0, 0.1) is 71.0 Å². The average molecular weight is 1130 g/mol. The Morgan fingerprint density at radius 1 is 0.543 bits per heavy atom. The number of carbonyl (C=O) groups excluding carboxylic acids is 2. The minimum atomic E-state index is -0.167. The van der Waals surface area contributed by atoms with Crippen LogP contribution in [-0.4, -0.2) is 75.8 Å². The van der Waals surface area contributed by atoms with Gasteiger partial charge in [-0.25, -0.2) is 0 Å². The van der Waals surface area contributed by atoms with Crippen molar-refractivity contribution in [2.24, 2.45) is 47.3 Å².